The van der Waals surface area contributed by atoms with Crippen molar-refractivity contribution in [2.45, 2.75) is 12.1 Å². The molecule has 2 saturated heterocycles. The largest absolute Gasteiger partial charge is 0.372 e. The lowest BCUT2D eigenvalue weighted by molar-refractivity contribution is 0.0299. The summed E-state index contributed by atoms with van der Waals surface area (Å²) in [4.78, 5) is 28.4. The summed E-state index contributed by atoms with van der Waals surface area (Å²) in [7, 11) is 0. The molecule has 2 aromatic rings. The van der Waals surface area contributed by atoms with E-state index in [9.17, 15) is 9.18 Å². The van der Waals surface area contributed by atoms with Crippen molar-refractivity contribution in [2.24, 2.45) is 0 Å². The number of nitrogens with zero attached hydrogens (tertiary/aromatic N) is 5. The summed E-state index contributed by atoms with van der Waals surface area (Å²) in [5.74, 6) is -0.0941. The summed E-state index contributed by atoms with van der Waals surface area (Å²) in [6.07, 6.45) is 6.21. The number of carbonyl (C=O) groups excluding carboxylic acids is 1. The number of carbonyl (C=O) groups is 1. The van der Waals surface area contributed by atoms with Gasteiger partial charge in [-0.3, -0.25) is 9.78 Å². The van der Waals surface area contributed by atoms with Crippen molar-refractivity contribution in [3.63, 3.8) is 0 Å². The first-order valence-electron chi connectivity index (χ1n) is 7.77. The van der Waals surface area contributed by atoms with Crippen LogP contribution in [-0.4, -0.2) is 64.1 Å². The van der Waals surface area contributed by atoms with Gasteiger partial charge in [0.1, 0.15) is 5.82 Å². The molecule has 2 atom stereocenters. The summed E-state index contributed by atoms with van der Waals surface area (Å²) in [6.45, 7) is 2.25. The lowest BCUT2D eigenvalue weighted by atomic mass is 10.1. The molecular weight excluding hydrogens is 313 g/mol. The highest BCUT2D eigenvalue weighted by Gasteiger charge is 2.42. The monoisotopic (exact) mass is 329 g/mol. The van der Waals surface area contributed by atoms with Crippen LogP contribution in [0, 0.1) is 5.95 Å². The topological polar surface area (TPSA) is 71.5 Å². The van der Waals surface area contributed by atoms with Gasteiger partial charge in [0.15, 0.2) is 0 Å². The molecule has 0 unspecified atom stereocenters. The zero-order valence-corrected chi connectivity index (χ0v) is 12.9. The Hall–Kier alpha value is -2.61. The van der Waals surface area contributed by atoms with Crippen LogP contribution in [0.4, 0.5) is 10.2 Å². The molecule has 4 heterocycles. The molecule has 2 aliphatic heterocycles. The summed E-state index contributed by atoms with van der Waals surface area (Å²) < 4.78 is 19.1. The average Bonchev–Trinajstić information content (AvgIpc) is 3.06. The van der Waals surface area contributed by atoms with E-state index in [-0.39, 0.29) is 18.1 Å². The number of aromatic nitrogens is 3. The number of fused-ring (bicyclic) bond motifs is 1. The number of anilines is 1. The number of pyridine rings is 1. The molecule has 0 radical (unpaired) electrons. The van der Waals surface area contributed by atoms with Gasteiger partial charge in [-0.2, -0.15) is 4.39 Å². The molecule has 0 saturated carbocycles. The second-order valence-corrected chi connectivity index (χ2v) is 5.81. The number of likely N-dealkylation sites (tertiary alicyclic amines) is 1. The Morgan fingerprint density at radius 2 is 2.17 bits per heavy atom. The average molecular weight is 329 g/mol. The Morgan fingerprint density at radius 3 is 2.96 bits per heavy atom. The normalized spacial score (nSPS) is 23.2. The zero-order chi connectivity index (χ0) is 16.5. The fraction of sp³-hybridized carbons (Fsp3) is 0.375. The Labute approximate surface area is 138 Å². The van der Waals surface area contributed by atoms with Crippen LogP contribution >= 0.6 is 0 Å². The summed E-state index contributed by atoms with van der Waals surface area (Å²) in [6, 6.07) is 2.70. The molecule has 7 nitrogen and oxygen atoms in total. The van der Waals surface area contributed by atoms with Crippen LogP contribution < -0.4 is 4.90 Å². The number of morpholine rings is 1. The van der Waals surface area contributed by atoms with Crippen LogP contribution in [0.2, 0.25) is 0 Å². The summed E-state index contributed by atoms with van der Waals surface area (Å²) >= 11 is 0. The second-order valence-electron chi connectivity index (χ2n) is 5.81. The van der Waals surface area contributed by atoms with E-state index in [1.54, 1.807) is 23.5 Å². The van der Waals surface area contributed by atoms with Gasteiger partial charge in [0, 0.05) is 49.9 Å². The van der Waals surface area contributed by atoms with Gasteiger partial charge in [0.2, 0.25) is 5.95 Å². The first kappa shape index (κ1) is 14.9. The van der Waals surface area contributed by atoms with Gasteiger partial charge in [-0.05, 0) is 6.07 Å². The van der Waals surface area contributed by atoms with Crippen LogP contribution in [0.5, 0.6) is 0 Å². The maximum absolute atomic E-state index is 13.3. The molecule has 0 aliphatic carbocycles. The Balaban J connectivity index is 1.55. The third-order valence-electron chi connectivity index (χ3n) is 4.41. The highest BCUT2D eigenvalue weighted by atomic mass is 19.1. The molecule has 2 aliphatic rings. The van der Waals surface area contributed by atoms with E-state index < -0.39 is 5.95 Å². The lowest BCUT2D eigenvalue weighted by Crippen LogP contribution is -2.51. The zero-order valence-electron chi connectivity index (χ0n) is 12.9. The minimum Gasteiger partial charge on any atom is -0.372 e. The lowest BCUT2D eigenvalue weighted by Gasteiger charge is -2.37. The summed E-state index contributed by atoms with van der Waals surface area (Å²) in [5.41, 5.74) is 0.298. The van der Waals surface area contributed by atoms with Crippen LogP contribution in [0.3, 0.4) is 0 Å². The molecule has 0 spiro atoms. The van der Waals surface area contributed by atoms with Crippen molar-refractivity contribution >= 4 is 11.7 Å². The van der Waals surface area contributed by atoms with Gasteiger partial charge < -0.3 is 14.5 Å². The molecule has 2 fully saturated rings. The Morgan fingerprint density at radius 1 is 1.25 bits per heavy atom. The molecule has 1 amide bonds. The predicted molar refractivity (Wildman–Crippen MR) is 83.0 cm³/mol. The van der Waals surface area contributed by atoms with Crippen molar-refractivity contribution in [3.8, 4) is 0 Å². The fourth-order valence-electron chi connectivity index (χ4n) is 3.30. The number of hydrogen-bond donors (Lipinski definition) is 0. The maximum Gasteiger partial charge on any atom is 0.254 e. The smallest absolute Gasteiger partial charge is 0.254 e. The number of halogens is 1. The van der Waals surface area contributed by atoms with Gasteiger partial charge in [0.25, 0.3) is 5.91 Å². The second kappa shape index (κ2) is 6.12. The Kier molecular flexibility index (Phi) is 3.81. The molecule has 124 valence electrons. The molecule has 24 heavy (non-hydrogen) atoms. The molecule has 0 N–H and O–H groups in total. The van der Waals surface area contributed by atoms with Crippen LogP contribution in [-0.2, 0) is 4.74 Å². The van der Waals surface area contributed by atoms with E-state index in [4.69, 9.17) is 4.74 Å². The van der Waals surface area contributed by atoms with Gasteiger partial charge in [0.05, 0.1) is 24.9 Å². The van der Waals surface area contributed by atoms with Crippen LogP contribution in [0.1, 0.15) is 10.4 Å². The summed E-state index contributed by atoms with van der Waals surface area (Å²) in [5, 5.41) is 0. The number of amides is 1. The number of ether oxygens (including phenoxy) is 1. The van der Waals surface area contributed by atoms with E-state index >= 15 is 0 Å². The van der Waals surface area contributed by atoms with Gasteiger partial charge in [-0.25, -0.2) is 9.97 Å². The number of hydrogen-bond acceptors (Lipinski definition) is 6. The van der Waals surface area contributed by atoms with E-state index in [0.717, 1.165) is 11.9 Å². The first-order chi connectivity index (χ1) is 11.7. The van der Waals surface area contributed by atoms with Crippen molar-refractivity contribution in [3.05, 3.63) is 48.4 Å². The van der Waals surface area contributed by atoms with Crippen molar-refractivity contribution in [2.75, 3.05) is 31.1 Å². The minimum absolute atomic E-state index is 0.0195. The highest BCUT2D eigenvalue weighted by Crippen LogP contribution is 2.27. The van der Waals surface area contributed by atoms with Crippen LogP contribution in [0.15, 0.2) is 36.9 Å². The number of rotatable bonds is 2. The van der Waals surface area contributed by atoms with Gasteiger partial charge in [-0.15, -0.1) is 0 Å². The van der Waals surface area contributed by atoms with Crippen LogP contribution in [0.25, 0.3) is 0 Å². The van der Waals surface area contributed by atoms with Crippen molar-refractivity contribution in [1.82, 2.24) is 19.9 Å². The molecule has 0 aromatic carbocycles. The highest BCUT2D eigenvalue weighted by molar-refractivity contribution is 5.94. The molecule has 2 aromatic heterocycles. The SMILES string of the molecule is O=C(c1ccnc(F)c1)N1C[C@@H]2OCCN(c3cnccn3)[C@H]2C1. The molecule has 8 heteroatoms. The van der Waals surface area contributed by atoms with Gasteiger partial charge >= 0.3 is 0 Å². The third kappa shape index (κ3) is 2.69. The van der Waals surface area contributed by atoms with Crippen molar-refractivity contribution in [1.29, 1.82) is 0 Å². The van der Waals surface area contributed by atoms with Gasteiger partial charge in [-0.1, -0.05) is 0 Å². The molecule has 4 rings (SSSR count). The van der Waals surface area contributed by atoms with E-state index in [2.05, 4.69) is 19.9 Å². The van der Waals surface area contributed by atoms with E-state index in [1.165, 1.54) is 12.3 Å². The fourth-order valence-corrected chi connectivity index (χ4v) is 3.30. The van der Waals surface area contributed by atoms with E-state index in [0.29, 0.717) is 31.8 Å². The molecular formula is C16H16FN5O2. The quantitative estimate of drug-likeness (QED) is 0.757. The standard InChI is InChI=1S/C16H16FN5O2/c17-14-7-11(1-2-19-14)16(23)21-9-12-13(10-21)24-6-5-22(12)15-8-18-3-4-20-15/h1-4,7-8,12-13H,5-6,9-10H2/t12-,13-/m0/s1. The minimum atomic E-state index is -0.658. The maximum atomic E-state index is 13.3. The first-order valence-corrected chi connectivity index (χ1v) is 7.77. The Bertz CT molecular complexity index is 744. The predicted octanol–water partition coefficient (Wildman–Crippen LogP) is 0.740. The third-order valence-corrected chi connectivity index (χ3v) is 4.41. The molecule has 0 bridgehead atoms. The van der Waals surface area contributed by atoms with E-state index in [1.807, 2.05) is 0 Å². The van der Waals surface area contributed by atoms with Crippen molar-refractivity contribution < 1.29 is 13.9 Å².